The molecular weight excluding hydrogens is 172 g/mol. The topological polar surface area (TPSA) is 38.0 Å². The normalized spacial score (nSPS) is 35.8. The van der Waals surface area contributed by atoms with Gasteiger partial charge < -0.3 is 11.1 Å². The molecular formula is C12H24N2. The molecule has 0 aromatic carbocycles. The molecule has 0 aromatic heterocycles. The van der Waals surface area contributed by atoms with Crippen LogP contribution < -0.4 is 11.1 Å². The van der Waals surface area contributed by atoms with Crippen LogP contribution in [0.3, 0.4) is 0 Å². The van der Waals surface area contributed by atoms with E-state index in [0.717, 1.165) is 24.4 Å². The lowest BCUT2D eigenvalue weighted by Gasteiger charge is -2.39. The highest BCUT2D eigenvalue weighted by Gasteiger charge is 2.31. The van der Waals surface area contributed by atoms with Crippen LogP contribution in [-0.2, 0) is 0 Å². The first-order chi connectivity index (χ1) is 6.92. The molecule has 2 nitrogen and oxygen atoms in total. The van der Waals surface area contributed by atoms with Crippen LogP contribution in [0.2, 0.25) is 0 Å². The van der Waals surface area contributed by atoms with Crippen LogP contribution >= 0.6 is 0 Å². The van der Waals surface area contributed by atoms with Gasteiger partial charge in [-0.2, -0.15) is 0 Å². The van der Waals surface area contributed by atoms with Gasteiger partial charge in [0, 0.05) is 6.04 Å². The Morgan fingerprint density at radius 2 is 1.79 bits per heavy atom. The van der Waals surface area contributed by atoms with Gasteiger partial charge >= 0.3 is 0 Å². The Hall–Kier alpha value is -0.0800. The Labute approximate surface area is 87.6 Å². The van der Waals surface area contributed by atoms with Crippen molar-refractivity contribution in [3.8, 4) is 0 Å². The van der Waals surface area contributed by atoms with E-state index in [0.29, 0.717) is 0 Å². The summed E-state index contributed by atoms with van der Waals surface area (Å²) in [6.07, 6.45) is 9.90. The molecule has 3 N–H and O–H groups in total. The maximum atomic E-state index is 5.86. The van der Waals surface area contributed by atoms with Gasteiger partial charge in [-0.05, 0) is 50.6 Å². The molecule has 0 aromatic rings. The van der Waals surface area contributed by atoms with Crippen molar-refractivity contribution in [1.29, 1.82) is 0 Å². The summed E-state index contributed by atoms with van der Waals surface area (Å²) in [4.78, 5) is 0. The van der Waals surface area contributed by atoms with Gasteiger partial charge in [0.05, 0.1) is 0 Å². The molecule has 2 heteroatoms. The summed E-state index contributed by atoms with van der Waals surface area (Å²) in [6.45, 7) is 2.10. The summed E-state index contributed by atoms with van der Waals surface area (Å²) < 4.78 is 0. The second kappa shape index (κ2) is 5.13. The van der Waals surface area contributed by atoms with E-state index >= 15 is 0 Å². The minimum Gasteiger partial charge on any atom is -0.330 e. The Bertz CT molecular complexity index is 164. The zero-order valence-electron chi connectivity index (χ0n) is 9.17. The second-order valence-corrected chi connectivity index (χ2v) is 5.02. The molecule has 2 fully saturated rings. The highest BCUT2D eigenvalue weighted by molar-refractivity contribution is 4.88. The van der Waals surface area contributed by atoms with E-state index in [2.05, 4.69) is 5.32 Å². The zero-order valence-corrected chi connectivity index (χ0v) is 9.17. The second-order valence-electron chi connectivity index (χ2n) is 5.02. The average molecular weight is 196 g/mol. The molecule has 0 bridgehead atoms. The predicted molar refractivity (Wildman–Crippen MR) is 60.1 cm³/mol. The fourth-order valence-electron chi connectivity index (χ4n) is 3.29. The summed E-state index contributed by atoms with van der Waals surface area (Å²) in [5.41, 5.74) is 5.86. The van der Waals surface area contributed by atoms with Crippen molar-refractivity contribution in [3.05, 3.63) is 0 Å². The van der Waals surface area contributed by atoms with Crippen molar-refractivity contribution >= 4 is 0 Å². The number of hydrogen-bond donors (Lipinski definition) is 2. The lowest BCUT2D eigenvalue weighted by molar-refractivity contribution is 0.175. The van der Waals surface area contributed by atoms with Gasteiger partial charge in [-0.3, -0.25) is 0 Å². The summed E-state index contributed by atoms with van der Waals surface area (Å²) in [5, 5.41) is 3.71. The van der Waals surface area contributed by atoms with Crippen LogP contribution in [0.1, 0.15) is 44.9 Å². The number of piperidine rings is 1. The van der Waals surface area contributed by atoms with Gasteiger partial charge in [0.15, 0.2) is 0 Å². The quantitative estimate of drug-likeness (QED) is 0.708. The van der Waals surface area contributed by atoms with Gasteiger partial charge in [0.2, 0.25) is 0 Å². The van der Waals surface area contributed by atoms with Crippen molar-refractivity contribution in [1.82, 2.24) is 5.32 Å². The maximum absolute atomic E-state index is 5.86. The molecule has 14 heavy (non-hydrogen) atoms. The van der Waals surface area contributed by atoms with Gasteiger partial charge in [-0.15, -0.1) is 0 Å². The van der Waals surface area contributed by atoms with E-state index in [4.69, 9.17) is 5.73 Å². The summed E-state index contributed by atoms with van der Waals surface area (Å²) in [5.74, 6) is 1.68. The number of nitrogens with two attached hydrogens (primary N) is 1. The van der Waals surface area contributed by atoms with E-state index in [9.17, 15) is 0 Å². The maximum Gasteiger partial charge on any atom is 0.0136 e. The monoisotopic (exact) mass is 196 g/mol. The summed E-state index contributed by atoms with van der Waals surface area (Å²) in [6, 6.07) is 0.744. The van der Waals surface area contributed by atoms with Crippen LogP contribution in [0, 0.1) is 11.8 Å². The fraction of sp³-hybridized carbons (Fsp3) is 1.00. The van der Waals surface area contributed by atoms with Gasteiger partial charge in [0.1, 0.15) is 0 Å². The molecule has 2 atom stereocenters. The van der Waals surface area contributed by atoms with E-state index in [1.165, 1.54) is 51.5 Å². The summed E-state index contributed by atoms with van der Waals surface area (Å²) >= 11 is 0. The Morgan fingerprint density at radius 1 is 1.00 bits per heavy atom. The van der Waals surface area contributed by atoms with E-state index in [1.54, 1.807) is 0 Å². The molecule has 0 spiro atoms. The van der Waals surface area contributed by atoms with Gasteiger partial charge in [0.25, 0.3) is 0 Å². The predicted octanol–water partition coefficient (Wildman–Crippen LogP) is 1.89. The van der Waals surface area contributed by atoms with E-state index in [-0.39, 0.29) is 0 Å². The van der Waals surface area contributed by atoms with Crippen LogP contribution in [-0.4, -0.2) is 19.1 Å². The summed E-state index contributed by atoms with van der Waals surface area (Å²) in [7, 11) is 0. The zero-order chi connectivity index (χ0) is 9.80. The molecule has 1 aliphatic carbocycles. The highest BCUT2D eigenvalue weighted by Crippen LogP contribution is 2.32. The average Bonchev–Trinajstić information content (AvgIpc) is 2.30. The lowest BCUT2D eigenvalue weighted by Crippen LogP contribution is -2.49. The van der Waals surface area contributed by atoms with Gasteiger partial charge in [-0.1, -0.05) is 19.3 Å². The van der Waals surface area contributed by atoms with Crippen molar-refractivity contribution in [2.45, 2.75) is 51.0 Å². The smallest absolute Gasteiger partial charge is 0.0136 e. The third kappa shape index (κ3) is 2.29. The van der Waals surface area contributed by atoms with E-state index in [1.807, 2.05) is 0 Å². The molecule has 2 aliphatic rings. The first-order valence-corrected chi connectivity index (χ1v) is 6.35. The standard InChI is InChI=1S/C12H24N2/c13-9-11-7-4-8-14-12(11)10-5-2-1-3-6-10/h10-12,14H,1-9,13H2. The third-order valence-electron chi connectivity index (χ3n) is 4.10. The number of nitrogens with one attached hydrogen (secondary N) is 1. The van der Waals surface area contributed by atoms with Crippen LogP contribution in [0.5, 0.6) is 0 Å². The lowest BCUT2D eigenvalue weighted by atomic mass is 9.76. The Morgan fingerprint density at radius 3 is 2.50 bits per heavy atom. The Kier molecular flexibility index (Phi) is 3.82. The van der Waals surface area contributed by atoms with Crippen LogP contribution in [0.25, 0.3) is 0 Å². The van der Waals surface area contributed by atoms with Crippen molar-refractivity contribution in [2.75, 3.05) is 13.1 Å². The van der Waals surface area contributed by atoms with Gasteiger partial charge in [-0.25, -0.2) is 0 Å². The van der Waals surface area contributed by atoms with Crippen molar-refractivity contribution < 1.29 is 0 Å². The van der Waals surface area contributed by atoms with Crippen LogP contribution in [0.4, 0.5) is 0 Å². The van der Waals surface area contributed by atoms with Crippen molar-refractivity contribution in [3.63, 3.8) is 0 Å². The number of rotatable bonds is 2. The molecule has 2 rings (SSSR count). The van der Waals surface area contributed by atoms with E-state index < -0.39 is 0 Å². The molecule has 1 heterocycles. The number of hydrogen-bond acceptors (Lipinski definition) is 2. The third-order valence-corrected chi connectivity index (χ3v) is 4.10. The molecule has 0 radical (unpaired) electrons. The first kappa shape index (κ1) is 10.4. The molecule has 1 saturated heterocycles. The molecule has 1 aliphatic heterocycles. The highest BCUT2D eigenvalue weighted by atomic mass is 14.9. The molecule has 1 saturated carbocycles. The first-order valence-electron chi connectivity index (χ1n) is 6.35. The largest absolute Gasteiger partial charge is 0.330 e. The van der Waals surface area contributed by atoms with Crippen molar-refractivity contribution in [2.24, 2.45) is 17.6 Å². The Balaban J connectivity index is 1.91. The molecule has 0 amide bonds. The molecule has 82 valence electrons. The molecule has 2 unspecified atom stereocenters. The minimum atomic E-state index is 0.744. The fourth-order valence-corrected chi connectivity index (χ4v) is 3.29. The van der Waals surface area contributed by atoms with Crippen LogP contribution in [0.15, 0.2) is 0 Å². The SMILES string of the molecule is NCC1CCCNC1C1CCCCC1. The minimum absolute atomic E-state index is 0.744.